The van der Waals surface area contributed by atoms with Crippen LogP contribution < -0.4 is 14.4 Å². The number of ether oxygens (including phenoxy) is 2. The number of methoxy groups -OCH3 is 1. The van der Waals surface area contributed by atoms with E-state index in [2.05, 4.69) is 10.6 Å². The maximum Gasteiger partial charge on any atom is 0.227 e. The summed E-state index contributed by atoms with van der Waals surface area (Å²) in [5.41, 5.74) is 3.78. The Morgan fingerprint density at radius 2 is 1.82 bits per heavy atom. The third-order valence-corrected chi connectivity index (χ3v) is 6.69. The van der Waals surface area contributed by atoms with E-state index in [0.717, 1.165) is 39.6 Å². The largest absolute Gasteiger partial charge is 0.497 e. The summed E-state index contributed by atoms with van der Waals surface area (Å²) in [6.45, 7) is 3.64. The fourth-order valence-electron chi connectivity index (χ4n) is 4.45. The summed E-state index contributed by atoms with van der Waals surface area (Å²) in [5, 5.41) is 0.664. The van der Waals surface area contributed by atoms with E-state index in [0.29, 0.717) is 31.1 Å². The lowest BCUT2D eigenvalue weighted by molar-refractivity contribution is -0.117. The topological polar surface area (TPSA) is 56.6 Å². The summed E-state index contributed by atoms with van der Waals surface area (Å²) >= 11 is 6.32. The zero-order valence-electron chi connectivity index (χ0n) is 19.2. The van der Waals surface area contributed by atoms with Crippen molar-refractivity contribution in [3.63, 3.8) is 0 Å². The van der Waals surface area contributed by atoms with Crippen molar-refractivity contribution in [3.8, 4) is 11.5 Å². The standard InChI is InChI=1S/C27H26ClN3O3/c1-18-7-8-20(16-23(18)28)31-17-19(15-26(31)32)27-29-24-5-3-4-6-25(24)30(27)13-14-34-22-11-9-21(33-2)10-12-22/h3-12,16,19H,13-15,17H2,1-2H3/t19-/m1/s1. The Morgan fingerprint density at radius 1 is 1.06 bits per heavy atom. The van der Waals surface area contributed by atoms with Gasteiger partial charge in [-0.1, -0.05) is 29.8 Å². The van der Waals surface area contributed by atoms with Crippen molar-refractivity contribution in [2.24, 2.45) is 0 Å². The highest BCUT2D eigenvalue weighted by Gasteiger charge is 2.35. The third-order valence-electron chi connectivity index (χ3n) is 6.28. The first-order valence-electron chi connectivity index (χ1n) is 11.3. The van der Waals surface area contributed by atoms with Crippen LogP contribution in [0.5, 0.6) is 11.5 Å². The minimum absolute atomic E-state index is 0.0130. The van der Waals surface area contributed by atoms with Gasteiger partial charge in [0.25, 0.3) is 0 Å². The predicted octanol–water partition coefficient (Wildman–Crippen LogP) is 5.61. The lowest BCUT2D eigenvalue weighted by Gasteiger charge is -2.18. The molecule has 174 valence electrons. The Hall–Kier alpha value is -3.51. The molecular formula is C27H26ClN3O3. The van der Waals surface area contributed by atoms with E-state index in [9.17, 15) is 4.79 Å². The van der Waals surface area contributed by atoms with E-state index in [1.165, 1.54) is 0 Å². The van der Waals surface area contributed by atoms with Crippen molar-refractivity contribution >= 4 is 34.2 Å². The van der Waals surface area contributed by atoms with Gasteiger partial charge < -0.3 is 18.9 Å². The van der Waals surface area contributed by atoms with Gasteiger partial charge in [-0.15, -0.1) is 0 Å². The molecule has 4 aromatic rings. The van der Waals surface area contributed by atoms with E-state index < -0.39 is 0 Å². The van der Waals surface area contributed by atoms with Crippen LogP contribution in [0.1, 0.15) is 23.7 Å². The van der Waals surface area contributed by atoms with Crippen LogP contribution in [0.2, 0.25) is 5.02 Å². The van der Waals surface area contributed by atoms with Gasteiger partial charge in [-0.3, -0.25) is 4.79 Å². The molecule has 0 unspecified atom stereocenters. The van der Waals surface area contributed by atoms with Gasteiger partial charge in [0.15, 0.2) is 0 Å². The quantitative estimate of drug-likeness (QED) is 0.349. The van der Waals surface area contributed by atoms with Crippen molar-refractivity contribution in [1.29, 1.82) is 0 Å². The molecule has 0 N–H and O–H groups in total. The highest BCUT2D eigenvalue weighted by atomic mass is 35.5. The van der Waals surface area contributed by atoms with Crippen LogP contribution in [-0.2, 0) is 11.3 Å². The molecule has 34 heavy (non-hydrogen) atoms. The Balaban J connectivity index is 1.38. The molecule has 1 aromatic heterocycles. The predicted molar refractivity (Wildman–Crippen MR) is 134 cm³/mol. The molecule has 1 aliphatic heterocycles. The fraction of sp³-hybridized carbons (Fsp3) is 0.259. The molecule has 0 aliphatic carbocycles. The Bertz CT molecular complexity index is 1330. The number of benzene rings is 3. The van der Waals surface area contributed by atoms with E-state index in [-0.39, 0.29) is 11.8 Å². The van der Waals surface area contributed by atoms with Crippen LogP contribution >= 0.6 is 11.6 Å². The molecule has 0 radical (unpaired) electrons. The summed E-state index contributed by atoms with van der Waals surface area (Å²) in [7, 11) is 1.64. The number of para-hydroxylation sites is 2. The van der Waals surface area contributed by atoms with Gasteiger partial charge in [0.1, 0.15) is 23.9 Å². The number of halogens is 1. The molecule has 1 amide bonds. The van der Waals surface area contributed by atoms with Gasteiger partial charge in [0.05, 0.1) is 24.7 Å². The van der Waals surface area contributed by atoms with Crippen molar-refractivity contribution in [1.82, 2.24) is 9.55 Å². The maximum absolute atomic E-state index is 12.9. The van der Waals surface area contributed by atoms with Crippen LogP contribution in [0.25, 0.3) is 11.0 Å². The number of aryl methyl sites for hydroxylation is 1. The molecule has 7 heteroatoms. The minimum Gasteiger partial charge on any atom is -0.497 e. The molecule has 1 atom stereocenters. The number of hydrogen-bond donors (Lipinski definition) is 0. The summed E-state index contributed by atoms with van der Waals surface area (Å²) in [5.74, 6) is 2.55. The van der Waals surface area contributed by atoms with Gasteiger partial charge in [0.2, 0.25) is 5.91 Å². The summed E-state index contributed by atoms with van der Waals surface area (Å²) < 4.78 is 13.4. The first-order valence-corrected chi connectivity index (χ1v) is 11.7. The van der Waals surface area contributed by atoms with Crippen molar-refractivity contribution in [2.45, 2.75) is 25.8 Å². The third kappa shape index (κ3) is 4.33. The number of rotatable bonds is 7. The van der Waals surface area contributed by atoms with Crippen molar-refractivity contribution in [2.75, 3.05) is 25.2 Å². The number of carbonyl (C=O) groups is 1. The Kier molecular flexibility index (Phi) is 6.16. The van der Waals surface area contributed by atoms with Gasteiger partial charge in [-0.05, 0) is 61.0 Å². The van der Waals surface area contributed by atoms with Gasteiger partial charge in [-0.25, -0.2) is 4.98 Å². The molecule has 0 bridgehead atoms. The lowest BCUT2D eigenvalue weighted by atomic mass is 10.1. The molecule has 1 saturated heterocycles. The van der Waals surface area contributed by atoms with Crippen LogP contribution in [0.3, 0.4) is 0 Å². The second-order valence-corrected chi connectivity index (χ2v) is 8.88. The number of hydrogen-bond acceptors (Lipinski definition) is 4. The Morgan fingerprint density at radius 3 is 2.59 bits per heavy atom. The maximum atomic E-state index is 12.9. The monoisotopic (exact) mass is 475 g/mol. The first kappa shape index (κ1) is 22.3. The van der Waals surface area contributed by atoms with Crippen LogP contribution in [0, 0.1) is 6.92 Å². The number of anilines is 1. The summed E-state index contributed by atoms with van der Waals surface area (Å²) in [6, 6.07) is 21.4. The number of amides is 1. The normalized spacial score (nSPS) is 15.8. The van der Waals surface area contributed by atoms with E-state index in [4.69, 9.17) is 26.1 Å². The zero-order chi connectivity index (χ0) is 23.7. The zero-order valence-corrected chi connectivity index (χ0v) is 20.0. The van der Waals surface area contributed by atoms with Gasteiger partial charge >= 0.3 is 0 Å². The molecule has 0 spiro atoms. The van der Waals surface area contributed by atoms with E-state index >= 15 is 0 Å². The van der Waals surface area contributed by atoms with Crippen molar-refractivity contribution in [3.05, 3.63) is 83.1 Å². The van der Waals surface area contributed by atoms with E-state index in [1.807, 2.05) is 72.5 Å². The summed E-state index contributed by atoms with van der Waals surface area (Å²) in [6.07, 6.45) is 0.411. The number of fused-ring (bicyclic) bond motifs is 1. The molecule has 1 aliphatic rings. The lowest BCUT2D eigenvalue weighted by Crippen LogP contribution is -2.24. The molecular weight excluding hydrogens is 450 g/mol. The van der Waals surface area contributed by atoms with Crippen LogP contribution in [0.4, 0.5) is 5.69 Å². The molecule has 1 fully saturated rings. The highest BCUT2D eigenvalue weighted by molar-refractivity contribution is 6.31. The average molecular weight is 476 g/mol. The number of carbonyl (C=O) groups excluding carboxylic acids is 1. The Labute approximate surface area is 203 Å². The molecule has 0 saturated carbocycles. The SMILES string of the molecule is COc1ccc(OCCn2c([C@@H]3CC(=O)N(c4ccc(C)c(Cl)c4)C3)nc3ccccc32)cc1. The van der Waals surface area contributed by atoms with Gasteiger partial charge in [-0.2, -0.15) is 0 Å². The molecule has 2 heterocycles. The fourth-order valence-corrected chi connectivity index (χ4v) is 4.62. The van der Waals surface area contributed by atoms with Crippen molar-refractivity contribution < 1.29 is 14.3 Å². The van der Waals surface area contributed by atoms with E-state index in [1.54, 1.807) is 7.11 Å². The van der Waals surface area contributed by atoms with Gasteiger partial charge in [0, 0.05) is 29.6 Å². The molecule has 3 aromatic carbocycles. The number of imidazole rings is 1. The smallest absolute Gasteiger partial charge is 0.227 e. The van der Waals surface area contributed by atoms with Crippen LogP contribution in [0.15, 0.2) is 66.7 Å². The average Bonchev–Trinajstić information content (AvgIpc) is 3.42. The first-order chi connectivity index (χ1) is 16.5. The second-order valence-electron chi connectivity index (χ2n) is 8.47. The number of aromatic nitrogens is 2. The molecule has 6 nitrogen and oxygen atoms in total. The number of nitrogens with zero attached hydrogens (tertiary/aromatic N) is 3. The summed E-state index contributed by atoms with van der Waals surface area (Å²) in [4.78, 5) is 19.7. The van der Waals surface area contributed by atoms with Crippen LogP contribution in [-0.4, -0.2) is 35.7 Å². The minimum atomic E-state index is -0.0130. The highest BCUT2D eigenvalue weighted by Crippen LogP contribution is 2.34. The molecule has 5 rings (SSSR count). The second kappa shape index (κ2) is 9.39.